The van der Waals surface area contributed by atoms with Crippen LogP contribution in [-0.2, 0) is 59.4 Å². The maximum atomic E-state index is 13.2. The average Bonchev–Trinajstić information content (AvgIpc) is 0.793. The molecular formula is C102H140F2O8. The number of hydrogen-bond acceptors (Lipinski definition) is 8. The summed E-state index contributed by atoms with van der Waals surface area (Å²) in [5, 5.41) is 0. The van der Waals surface area contributed by atoms with Crippen LogP contribution in [0.4, 0.5) is 8.78 Å². The van der Waals surface area contributed by atoms with Crippen molar-refractivity contribution in [2.24, 2.45) is 59.2 Å². The summed E-state index contributed by atoms with van der Waals surface area (Å²) in [5.41, 5.74) is 21.3. The van der Waals surface area contributed by atoms with E-state index in [2.05, 4.69) is 187 Å². The lowest BCUT2D eigenvalue weighted by Crippen LogP contribution is -2.37. The summed E-state index contributed by atoms with van der Waals surface area (Å²) in [5.74, 6) is 9.50. The molecule has 5 aliphatic carbocycles. The molecule has 1 fully saturated rings. The summed E-state index contributed by atoms with van der Waals surface area (Å²) in [7, 11) is 0. The Labute approximate surface area is 675 Å². The predicted octanol–water partition coefficient (Wildman–Crippen LogP) is 27.0. The fourth-order valence-electron chi connectivity index (χ4n) is 16.1. The van der Waals surface area contributed by atoms with Gasteiger partial charge in [-0.15, -0.1) is 0 Å². The van der Waals surface area contributed by atoms with Gasteiger partial charge in [0.05, 0.1) is 42.8 Å². The summed E-state index contributed by atoms with van der Waals surface area (Å²) in [6.45, 7) is 44.0. The smallest absolute Gasteiger partial charge is 0.400 e. The summed E-state index contributed by atoms with van der Waals surface area (Å²) >= 11 is 0. The molecule has 17 rings (SSSR count). The highest BCUT2D eigenvalue weighted by molar-refractivity contribution is 5.92. The number of allylic oxidation sites excluding steroid dienone is 8. The number of carbonyl (C=O) groups excluding carboxylic acids is 2. The van der Waals surface area contributed by atoms with Gasteiger partial charge in [-0.3, -0.25) is 4.79 Å². The molecule has 0 spiro atoms. The van der Waals surface area contributed by atoms with Crippen molar-refractivity contribution in [2.75, 3.05) is 6.61 Å². The molecule has 0 aromatic heterocycles. The summed E-state index contributed by atoms with van der Waals surface area (Å²) in [6, 6.07) is 36.9. The van der Waals surface area contributed by atoms with Crippen molar-refractivity contribution in [3.05, 3.63) is 234 Å². The van der Waals surface area contributed by atoms with Gasteiger partial charge in [-0.25, -0.2) is 4.79 Å². The Kier molecular flexibility index (Phi) is 35.2. The summed E-state index contributed by atoms with van der Waals surface area (Å²) in [4.78, 5) is 22.7. The Morgan fingerprint density at radius 1 is 0.384 bits per heavy atom. The highest BCUT2D eigenvalue weighted by Gasteiger charge is 2.43. The Hall–Kier alpha value is -7.56. The van der Waals surface area contributed by atoms with Gasteiger partial charge in [0.1, 0.15) is 29.1 Å². The topological polar surface area (TPSA) is 89.5 Å². The molecule has 0 N–H and O–H groups in total. The number of alkyl halides is 2. The molecule has 11 aliphatic rings. The van der Waals surface area contributed by atoms with E-state index in [4.69, 9.17) is 23.7 Å². The van der Waals surface area contributed by atoms with Crippen molar-refractivity contribution in [3.63, 3.8) is 0 Å². The second-order valence-corrected chi connectivity index (χ2v) is 35.7. The maximum absolute atomic E-state index is 13.2. The molecule has 13 unspecified atom stereocenters. The Morgan fingerprint density at radius 2 is 0.902 bits per heavy atom. The number of ether oxygens (including phenoxy) is 6. The fourth-order valence-corrected chi connectivity index (χ4v) is 16.1. The van der Waals surface area contributed by atoms with Crippen molar-refractivity contribution in [1.82, 2.24) is 0 Å². The molecule has 1 saturated carbocycles. The third-order valence-electron chi connectivity index (χ3n) is 23.7. The zero-order chi connectivity index (χ0) is 81.3. The maximum Gasteiger partial charge on any atom is 0.400 e. The zero-order valence-corrected chi connectivity index (χ0v) is 72.4. The number of fused-ring (bicyclic) bond motifs is 7. The number of benzene rings is 6. The molecule has 0 radical (unpaired) electrons. The SMILES string of the molecule is CC1=CCC(C)CC1.CC1=CCC(C)CC1.CC1=CCC2CC(C)CCC2C1.CC1C=CC(C)CC1.Cc1ccc2c(c1)C(=O)OC(C)C2.Cc1ccc2c(c1)CCC(C)O2.Cc1ccc2c(c1)COC(C)C2.Cc1ccc2c(c1)OC(=O)C(C)C2.Cc1ccc2c(c1)OC(F)(F)C(C)C2.Cc1ccc2c(c1)OCC(C)C2. The molecule has 13 atom stereocenters. The van der Waals surface area contributed by atoms with E-state index in [1.807, 2.05) is 83.1 Å². The lowest BCUT2D eigenvalue weighted by Gasteiger charge is -2.37. The first kappa shape index (κ1) is 90.0. The molecule has 6 aromatic carbocycles. The van der Waals surface area contributed by atoms with Crippen LogP contribution in [0.25, 0.3) is 0 Å². The zero-order valence-electron chi connectivity index (χ0n) is 72.4. The number of rotatable bonds is 0. The van der Waals surface area contributed by atoms with Gasteiger partial charge in [0.15, 0.2) is 0 Å². The van der Waals surface area contributed by atoms with E-state index in [-0.39, 0.29) is 24.0 Å². The van der Waals surface area contributed by atoms with Gasteiger partial charge in [0.25, 0.3) is 0 Å². The van der Waals surface area contributed by atoms with Crippen LogP contribution in [0.1, 0.15) is 270 Å². The summed E-state index contributed by atoms with van der Waals surface area (Å²) in [6.07, 6.45) is 34.3. The molecule has 10 heteroatoms. The minimum absolute atomic E-state index is 0.00444. The first-order valence-electron chi connectivity index (χ1n) is 42.8. The van der Waals surface area contributed by atoms with Crippen molar-refractivity contribution in [2.45, 2.75) is 298 Å². The number of aryl methyl sites for hydroxylation is 7. The van der Waals surface area contributed by atoms with Crippen LogP contribution in [0.5, 0.6) is 23.0 Å². The van der Waals surface area contributed by atoms with Gasteiger partial charge in [0, 0.05) is 6.42 Å². The van der Waals surface area contributed by atoms with Gasteiger partial charge < -0.3 is 28.4 Å². The fraction of sp³-hybridized carbons (Fsp3) is 0.549. The van der Waals surface area contributed by atoms with Gasteiger partial charge in [0.2, 0.25) is 0 Å². The van der Waals surface area contributed by atoms with Crippen molar-refractivity contribution in [1.29, 1.82) is 0 Å². The Morgan fingerprint density at radius 3 is 1.49 bits per heavy atom. The van der Waals surface area contributed by atoms with Crippen molar-refractivity contribution < 1.29 is 46.8 Å². The van der Waals surface area contributed by atoms with E-state index < -0.39 is 12.0 Å². The molecule has 0 bridgehead atoms. The predicted molar refractivity (Wildman–Crippen MR) is 461 cm³/mol. The van der Waals surface area contributed by atoms with E-state index in [1.165, 1.54) is 129 Å². The first-order valence-corrected chi connectivity index (χ1v) is 42.8. The molecule has 6 heterocycles. The van der Waals surface area contributed by atoms with E-state index in [1.54, 1.807) is 22.8 Å². The van der Waals surface area contributed by atoms with Gasteiger partial charge >= 0.3 is 18.0 Å². The molecular weight excluding hydrogens is 1390 g/mol. The minimum Gasteiger partial charge on any atom is -0.493 e. The monoisotopic (exact) mass is 1530 g/mol. The van der Waals surface area contributed by atoms with E-state index in [9.17, 15) is 18.4 Å². The molecule has 8 nitrogen and oxygen atoms in total. The highest BCUT2D eigenvalue weighted by Crippen LogP contribution is 2.43. The van der Waals surface area contributed by atoms with Crippen LogP contribution >= 0.6 is 0 Å². The van der Waals surface area contributed by atoms with Crippen LogP contribution in [0, 0.1) is 101 Å². The largest absolute Gasteiger partial charge is 0.493 e. The van der Waals surface area contributed by atoms with Crippen LogP contribution in [0.15, 0.2) is 156 Å². The number of halogens is 2. The third-order valence-corrected chi connectivity index (χ3v) is 23.7. The normalized spacial score (nSPS) is 26.2. The molecule has 610 valence electrons. The Balaban J connectivity index is 0.000000157. The van der Waals surface area contributed by atoms with Crippen molar-refractivity contribution >= 4 is 11.9 Å². The van der Waals surface area contributed by atoms with Gasteiger partial charge in [-0.05, 0) is 332 Å². The van der Waals surface area contributed by atoms with E-state index >= 15 is 0 Å². The van der Waals surface area contributed by atoms with Gasteiger partial charge in [-0.1, -0.05) is 204 Å². The van der Waals surface area contributed by atoms with Crippen LogP contribution in [-0.4, -0.2) is 43.0 Å². The van der Waals surface area contributed by atoms with Crippen LogP contribution < -0.4 is 18.9 Å². The van der Waals surface area contributed by atoms with E-state index in [0.717, 1.165) is 149 Å². The Bertz CT molecular complexity index is 3950. The number of cyclic esters (lactones) is 1. The van der Waals surface area contributed by atoms with Gasteiger partial charge in [-0.2, -0.15) is 8.78 Å². The third kappa shape index (κ3) is 29.7. The lowest BCUT2D eigenvalue weighted by atomic mass is 9.68. The minimum atomic E-state index is -3.03. The molecule has 0 amide bonds. The molecule has 6 aliphatic heterocycles. The quantitative estimate of drug-likeness (QED) is 0.0844. The van der Waals surface area contributed by atoms with Crippen LogP contribution in [0.3, 0.4) is 0 Å². The highest BCUT2D eigenvalue weighted by atomic mass is 19.3. The summed E-state index contributed by atoms with van der Waals surface area (Å²) < 4.78 is 58.2. The standard InChI is InChI=1S/C12H20.C11H12F2O.2C11H12O2.3C11H14O.3C8H14/c1-9-3-5-12-8-10(2)4-6-11(12)7-9;1-7-3-4-9-6-8(2)11(12,13)14-10(9)5-7;1-7-3-4-9-6-8(2)13-11(12)10(9)5-7;1-7-3-4-9-6-8(2)11(12)13-10(9)5-7;1-8-3-6-11-10(7-8)5-4-9(2)12-11;1-8-3-4-10-5-9(2)7-12-11(10)6-8;1-8-3-4-10-6-9(2)12-7-11(10)5-8;3*1-7-3-5-8(2)6-4-7/h3,10-12H,4-8H2,1-2H3;3-5,8H,6H2,1-2H3;2*3-5,8H,6H2,1-2H3;3,6-7,9H,4-5H2,1-2H3;3-4,6,9H,5,7H2,1-2H3;3-5,9H,6-7H2,1-2H3;2*3,8H,4-6H2,1-2H3;3,5,7-8H,4,6H2,1-2H3. The average molecular weight is 1530 g/mol. The lowest BCUT2D eigenvalue weighted by molar-refractivity contribution is -0.219. The van der Waals surface area contributed by atoms with E-state index in [0.29, 0.717) is 30.3 Å². The number of hydrogen-bond donors (Lipinski definition) is 0. The molecule has 0 saturated heterocycles. The van der Waals surface area contributed by atoms with Crippen molar-refractivity contribution in [3.8, 4) is 23.0 Å². The molecule has 112 heavy (non-hydrogen) atoms. The number of carbonyl (C=O) groups is 2. The second-order valence-electron chi connectivity index (χ2n) is 35.7. The second kappa shape index (κ2) is 43.8. The van der Waals surface area contributed by atoms with Crippen LogP contribution in [0.2, 0.25) is 0 Å². The molecule has 6 aromatic rings. The number of esters is 2. The first-order chi connectivity index (χ1) is 53.2.